The van der Waals surface area contributed by atoms with Crippen molar-refractivity contribution in [2.24, 2.45) is 0 Å². The van der Waals surface area contributed by atoms with E-state index in [1.54, 1.807) is 19.1 Å². The van der Waals surface area contributed by atoms with Crippen molar-refractivity contribution in [3.8, 4) is 0 Å². The van der Waals surface area contributed by atoms with Crippen molar-refractivity contribution in [2.75, 3.05) is 6.54 Å². The topological polar surface area (TPSA) is 66.4 Å². The summed E-state index contributed by atoms with van der Waals surface area (Å²) in [6.07, 6.45) is 3.61. The zero-order valence-electron chi connectivity index (χ0n) is 10.5. The lowest BCUT2D eigenvalue weighted by Crippen LogP contribution is -2.30. The number of benzene rings is 1. The van der Waals surface area contributed by atoms with Crippen LogP contribution in [0.2, 0.25) is 0 Å². The molecule has 1 aromatic carbocycles. The van der Waals surface area contributed by atoms with Crippen LogP contribution in [-0.4, -0.2) is 26.2 Å². The second kappa shape index (κ2) is 5.38. The summed E-state index contributed by atoms with van der Waals surface area (Å²) in [5, 5.41) is 9.13. The van der Waals surface area contributed by atoms with E-state index in [0.29, 0.717) is 4.90 Å². The molecule has 5 heteroatoms. The van der Waals surface area contributed by atoms with E-state index < -0.39 is 16.1 Å². The quantitative estimate of drug-likeness (QED) is 0.864. The second-order valence-corrected chi connectivity index (χ2v) is 6.61. The van der Waals surface area contributed by atoms with Gasteiger partial charge in [-0.25, -0.2) is 13.1 Å². The van der Waals surface area contributed by atoms with E-state index in [1.165, 1.54) is 12.0 Å². The zero-order valence-corrected chi connectivity index (χ0v) is 11.3. The molecule has 1 aliphatic rings. The number of hydrogen-bond donors (Lipinski definition) is 2. The van der Waals surface area contributed by atoms with E-state index in [-0.39, 0.29) is 6.54 Å². The highest BCUT2D eigenvalue weighted by Crippen LogP contribution is 2.23. The molecule has 0 heterocycles. The molecule has 100 valence electrons. The average Bonchev–Trinajstić information content (AvgIpc) is 2.36. The van der Waals surface area contributed by atoms with Crippen LogP contribution in [0.25, 0.3) is 0 Å². The van der Waals surface area contributed by atoms with Gasteiger partial charge in [0, 0.05) is 6.54 Å². The molecule has 0 fully saturated rings. The standard InChI is InChI=1S/C13H19NO3S/c1-10(15)9-14-18(16,17)13-7-6-11-4-2-3-5-12(11)8-13/h6-8,10,14-15H,2-5,9H2,1H3/t10-/m1/s1. The molecule has 0 aliphatic heterocycles. The van der Waals surface area contributed by atoms with Crippen LogP contribution in [-0.2, 0) is 22.9 Å². The smallest absolute Gasteiger partial charge is 0.240 e. The van der Waals surface area contributed by atoms with Gasteiger partial charge in [-0.15, -0.1) is 0 Å². The maximum Gasteiger partial charge on any atom is 0.240 e. The monoisotopic (exact) mass is 269 g/mol. The first kappa shape index (κ1) is 13.5. The predicted octanol–water partition coefficient (Wildman–Crippen LogP) is 1.22. The highest BCUT2D eigenvalue weighted by atomic mass is 32.2. The van der Waals surface area contributed by atoms with Crippen LogP contribution in [0.1, 0.15) is 30.9 Å². The van der Waals surface area contributed by atoms with Gasteiger partial charge >= 0.3 is 0 Å². The lowest BCUT2D eigenvalue weighted by atomic mass is 9.92. The Morgan fingerprint density at radius 2 is 1.94 bits per heavy atom. The van der Waals surface area contributed by atoms with Crippen molar-refractivity contribution >= 4 is 10.0 Å². The highest BCUT2D eigenvalue weighted by Gasteiger charge is 2.17. The van der Waals surface area contributed by atoms with Gasteiger partial charge in [0.15, 0.2) is 0 Å². The summed E-state index contributed by atoms with van der Waals surface area (Å²) in [7, 11) is -3.50. The van der Waals surface area contributed by atoms with E-state index in [1.807, 2.05) is 6.07 Å². The van der Waals surface area contributed by atoms with Crippen molar-refractivity contribution in [1.82, 2.24) is 4.72 Å². The summed E-state index contributed by atoms with van der Waals surface area (Å²) in [6, 6.07) is 5.32. The van der Waals surface area contributed by atoms with Crippen molar-refractivity contribution in [3.63, 3.8) is 0 Å². The molecule has 0 amide bonds. The minimum absolute atomic E-state index is 0.0411. The number of fused-ring (bicyclic) bond motifs is 1. The SMILES string of the molecule is C[C@@H](O)CNS(=O)(=O)c1ccc2c(c1)CCCC2. The fourth-order valence-electron chi connectivity index (χ4n) is 2.19. The van der Waals surface area contributed by atoms with Gasteiger partial charge in [0.2, 0.25) is 10.0 Å². The molecule has 0 saturated heterocycles. The molecule has 4 nitrogen and oxygen atoms in total. The number of aryl methyl sites for hydroxylation is 2. The molecule has 2 rings (SSSR count). The van der Waals surface area contributed by atoms with Gasteiger partial charge in [-0.3, -0.25) is 0 Å². The fraction of sp³-hybridized carbons (Fsp3) is 0.538. The Labute approximate surface area is 108 Å². The van der Waals surface area contributed by atoms with Gasteiger partial charge in [0.1, 0.15) is 0 Å². The number of hydrogen-bond acceptors (Lipinski definition) is 3. The van der Waals surface area contributed by atoms with Gasteiger partial charge in [-0.2, -0.15) is 0 Å². The number of sulfonamides is 1. The normalized spacial score (nSPS) is 17.2. The molecule has 1 atom stereocenters. The van der Waals surface area contributed by atoms with Crippen LogP contribution in [0.3, 0.4) is 0 Å². The third-order valence-corrected chi connectivity index (χ3v) is 4.62. The number of aliphatic hydroxyl groups is 1. The molecule has 2 N–H and O–H groups in total. The first-order valence-electron chi connectivity index (χ1n) is 6.28. The van der Waals surface area contributed by atoms with Crippen LogP contribution in [0, 0.1) is 0 Å². The van der Waals surface area contributed by atoms with Gasteiger partial charge < -0.3 is 5.11 Å². The summed E-state index contributed by atoms with van der Waals surface area (Å²) >= 11 is 0. The third kappa shape index (κ3) is 3.10. The minimum atomic E-state index is -3.50. The van der Waals surface area contributed by atoms with Gasteiger partial charge in [0.05, 0.1) is 11.0 Å². The molecule has 0 bridgehead atoms. The Kier molecular flexibility index (Phi) is 4.04. The van der Waals surface area contributed by atoms with Crippen LogP contribution >= 0.6 is 0 Å². The maximum absolute atomic E-state index is 12.0. The molecule has 0 unspecified atom stereocenters. The first-order valence-corrected chi connectivity index (χ1v) is 7.77. The molecule has 1 aliphatic carbocycles. The Balaban J connectivity index is 2.22. The van der Waals surface area contributed by atoms with Gasteiger partial charge in [-0.1, -0.05) is 6.07 Å². The van der Waals surface area contributed by atoms with Crippen LogP contribution in [0.15, 0.2) is 23.1 Å². The number of aliphatic hydroxyl groups excluding tert-OH is 1. The second-order valence-electron chi connectivity index (χ2n) is 4.84. The largest absolute Gasteiger partial charge is 0.392 e. The summed E-state index contributed by atoms with van der Waals surface area (Å²) in [6.45, 7) is 1.59. The zero-order chi connectivity index (χ0) is 13.2. The molecular weight excluding hydrogens is 250 g/mol. The molecule has 0 saturated carbocycles. The lowest BCUT2D eigenvalue weighted by Gasteiger charge is -2.17. The van der Waals surface area contributed by atoms with E-state index in [0.717, 1.165) is 24.8 Å². The van der Waals surface area contributed by atoms with Crippen LogP contribution in [0.4, 0.5) is 0 Å². The summed E-state index contributed by atoms with van der Waals surface area (Å²) < 4.78 is 26.4. The van der Waals surface area contributed by atoms with Crippen LogP contribution < -0.4 is 4.72 Å². The molecule has 1 aromatic rings. The van der Waals surface area contributed by atoms with Crippen molar-refractivity contribution < 1.29 is 13.5 Å². The van der Waals surface area contributed by atoms with E-state index in [4.69, 9.17) is 5.11 Å². The van der Waals surface area contributed by atoms with Gasteiger partial charge in [-0.05, 0) is 55.9 Å². The Morgan fingerprint density at radius 3 is 2.61 bits per heavy atom. The highest BCUT2D eigenvalue weighted by molar-refractivity contribution is 7.89. The van der Waals surface area contributed by atoms with E-state index >= 15 is 0 Å². The Hall–Kier alpha value is -0.910. The third-order valence-electron chi connectivity index (χ3n) is 3.20. The molecule has 0 spiro atoms. The lowest BCUT2D eigenvalue weighted by molar-refractivity contribution is 0.198. The summed E-state index contributed by atoms with van der Waals surface area (Å²) in [5.74, 6) is 0. The van der Waals surface area contributed by atoms with Crippen molar-refractivity contribution in [3.05, 3.63) is 29.3 Å². The number of rotatable bonds is 4. The summed E-state index contributed by atoms with van der Waals surface area (Å²) in [5.41, 5.74) is 2.40. The predicted molar refractivity (Wildman–Crippen MR) is 70.0 cm³/mol. The van der Waals surface area contributed by atoms with E-state index in [2.05, 4.69) is 4.72 Å². The molecular formula is C13H19NO3S. The van der Waals surface area contributed by atoms with Crippen molar-refractivity contribution in [1.29, 1.82) is 0 Å². The van der Waals surface area contributed by atoms with Crippen molar-refractivity contribution in [2.45, 2.75) is 43.6 Å². The fourth-order valence-corrected chi connectivity index (χ4v) is 3.36. The minimum Gasteiger partial charge on any atom is -0.392 e. The van der Waals surface area contributed by atoms with E-state index in [9.17, 15) is 8.42 Å². The van der Waals surface area contributed by atoms with Crippen LogP contribution in [0.5, 0.6) is 0 Å². The molecule has 0 radical (unpaired) electrons. The molecule has 18 heavy (non-hydrogen) atoms. The Morgan fingerprint density at radius 1 is 1.28 bits per heavy atom. The van der Waals surface area contributed by atoms with Gasteiger partial charge in [0.25, 0.3) is 0 Å². The summed E-state index contributed by atoms with van der Waals surface area (Å²) in [4.78, 5) is 0.295. The first-order chi connectivity index (χ1) is 8.49. The maximum atomic E-state index is 12.0. The molecule has 0 aromatic heterocycles. The average molecular weight is 269 g/mol. The number of nitrogens with one attached hydrogen (secondary N) is 1. The Bertz CT molecular complexity index is 523.